The van der Waals surface area contributed by atoms with Gasteiger partial charge >= 0.3 is 0 Å². The molecule has 140 valence electrons. The van der Waals surface area contributed by atoms with E-state index in [9.17, 15) is 4.79 Å². The molecule has 2 aromatic heterocycles. The van der Waals surface area contributed by atoms with Crippen molar-refractivity contribution in [2.75, 3.05) is 26.2 Å². The monoisotopic (exact) mass is 359 g/mol. The van der Waals surface area contributed by atoms with E-state index in [-0.39, 0.29) is 11.8 Å². The summed E-state index contributed by atoms with van der Waals surface area (Å²) < 4.78 is 6.79. The van der Waals surface area contributed by atoms with E-state index in [0.29, 0.717) is 17.9 Å². The van der Waals surface area contributed by atoms with Gasteiger partial charge in [0.05, 0.1) is 6.54 Å². The first-order chi connectivity index (χ1) is 12.6. The summed E-state index contributed by atoms with van der Waals surface area (Å²) in [4.78, 5) is 16.9. The number of aryl methyl sites for hydroxylation is 1. The van der Waals surface area contributed by atoms with Crippen molar-refractivity contribution in [2.24, 2.45) is 7.05 Å². The molecule has 0 bridgehead atoms. The lowest BCUT2D eigenvalue weighted by Crippen LogP contribution is -2.40. The molecule has 4 rings (SSSR count). The highest BCUT2D eigenvalue weighted by atomic mass is 16.6. The van der Waals surface area contributed by atoms with Gasteiger partial charge in [0.15, 0.2) is 5.69 Å². The smallest absolute Gasteiger partial charge is 0.278 e. The van der Waals surface area contributed by atoms with Crippen molar-refractivity contribution in [3.8, 4) is 0 Å². The summed E-state index contributed by atoms with van der Waals surface area (Å²) >= 11 is 0. The van der Waals surface area contributed by atoms with Gasteiger partial charge in [-0.1, -0.05) is 5.16 Å². The predicted octanol–water partition coefficient (Wildman–Crippen LogP) is 1.12. The van der Waals surface area contributed by atoms with Crippen molar-refractivity contribution < 1.29 is 9.42 Å². The van der Waals surface area contributed by atoms with E-state index in [2.05, 4.69) is 34.6 Å². The SMILES string of the molecule is Cc1nonc1C(=O)N1CCC[C@@H](c2nnc(CN3CCCC3)n2C)C1. The molecule has 2 fully saturated rings. The summed E-state index contributed by atoms with van der Waals surface area (Å²) in [6.07, 6.45) is 4.48. The molecular formula is C17H25N7O2. The van der Waals surface area contributed by atoms with Crippen LogP contribution in [0, 0.1) is 6.92 Å². The molecule has 2 aliphatic heterocycles. The second-order valence-electron chi connectivity index (χ2n) is 7.31. The Bertz CT molecular complexity index is 778. The zero-order chi connectivity index (χ0) is 18.1. The Morgan fingerprint density at radius 3 is 2.69 bits per heavy atom. The van der Waals surface area contributed by atoms with Gasteiger partial charge in [-0.3, -0.25) is 9.69 Å². The zero-order valence-corrected chi connectivity index (χ0v) is 15.4. The largest absolute Gasteiger partial charge is 0.336 e. The average molecular weight is 359 g/mol. The number of piperidine rings is 1. The number of nitrogens with zero attached hydrogens (tertiary/aromatic N) is 7. The number of carbonyl (C=O) groups is 1. The van der Waals surface area contributed by atoms with Crippen LogP contribution in [0.2, 0.25) is 0 Å². The summed E-state index contributed by atoms with van der Waals surface area (Å²) in [5.74, 6) is 2.04. The summed E-state index contributed by atoms with van der Waals surface area (Å²) in [7, 11) is 2.03. The van der Waals surface area contributed by atoms with Crippen LogP contribution in [-0.4, -0.2) is 67.0 Å². The minimum atomic E-state index is -0.118. The van der Waals surface area contributed by atoms with Gasteiger partial charge in [0.1, 0.15) is 17.3 Å². The van der Waals surface area contributed by atoms with E-state index in [1.54, 1.807) is 6.92 Å². The normalized spacial score (nSPS) is 21.5. The lowest BCUT2D eigenvalue weighted by Gasteiger charge is -2.31. The van der Waals surface area contributed by atoms with Crippen LogP contribution < -0.4 is 0 Å². The van der Waals surface area contributed by atoms with E-state index in [4.69, 9.17) is 0 Å². The minimum absolute atomic E-state index is 0.118. The Morgan fingerprint density at radius 2 is 1.96 bits per heavy atom. The molecule has 9 nitrogen and oxygen atoms in total. The van der Waals surface area contributed by atoms with Crippen molar-refractivity contribution in [1.29, 1.82) is 0 Å². The maximum absolute atomic E-state index is 12.7. The molecule has 0 saturated carbocycles. The fraction of sp³-hybridized carbons (Fsp3) is 0.706. The van der Waals surface area contributed by atoms with Crippen LogP contribution in [-0.2, 0) is 13.6 Å². The van der Waals surface area contributed by atoms with Gasteiger partial charge in [0.2, 0.25) is 0 Å². The molecule has 0 spiro atoms. The first kappa shape index (κ1) is 17.1. The van der Waals surface area contributed by atoms with E-state index in [1.165, 1.54) is 12.8 Å². The molecule has 9 heteroatoms. The Kier molecular flexibility index (Phi) is 4.71. The van der Waals surface area contributed by atoms with Crippen LogP contribution in [0.4, 0.5) is 0 Å². The summed E-state index contributed by atoms with van der Waals surface area (Å²) in [5, 5.41) is 16.3. The molecule has 4 heterocycles. The quantitative estimate of drug-likeness (QED) is 0.807. The molecule has 1 amide bonds. The van der Waals surface area contributed by atoms with Gasteiger partial charge in [-0.2, -0.15) is 0 Å². The summed E-state index contributed by atoms with van der Waals surface area (Å²) in [6.45, 7) is 6.21. The number of carbonyl (C=O) groups excluding carboxylic acids is 1. The first-order valence-corrected chi connectivity index (χ1v) is 9.32. The van der Waals surface area contributed by atoms with Crippen LogP contribution in [0.5, 0.6) is 0 Å². The van der Waals surface area contributed by atoms with E-state index >= 15 is 0 Å². The van der Waals surface area contributed by atoms with Crippen LogP contribution in [0.1, 0.15) is 59.4 Å². The third kappa shape index (κ3) is 3.23. The third-order valence-electron chi connectivity index (χ3n) is 5.49. The Morgan fingerprint density at radius 1 is 1.15 bits per heavy atom. The second-order valence-corrected chi connectivity index (χ2v) is 7.31. The highest BCUT2D eigenvalue weighted by Crippen LogP contribution is 2.27. The molecule has 1 atom stereocenters. The number of amides is 1. The van der Waals surface area contributed by atoms with Crippen molar-refractivity contribution in [3.05, 3.63) is 23.0 Å². The number of aromatic nitrogens is 5. The number of likely N-dealkylation sites (tertiary alicyclic amines) is 2. The van der Waals surface area contributed by atoms with E-state index < -0.39 is 0 Å². The maximum atomic E-state index is 12.7. The third-order valence-corrected chi connectivity index (χ3v) is 5.49. The molecule has 26 heavy (non-hydrogen) atoms. The molecule has 2 aliphatic rings. The first-order valence-electron chi connectivity index (χ1n) is 9.32. The maximum Gasteiger partial charge on any atom is 0.278 e. The molecule has 0 aromatic carbocycles. The lowest BCUT2D eigenvalue weighted by molar-refractivity contribution is 0.0691. The number of rotatable bonds is 4. The molecule has 0 radical (unpaired) electrons. The second kappa shape index (κ2) is 7.14. The highest BCUT2D eigenvalue weighted by Gasteiger charge is 2.31. The Balaban J connectivity index is 1.47. The lowest BCUT2D eigenvalue weighted by atomic mass is 9.96. The highest BCUT2D eigenvalue weighted by molar-refractivity contribution is 5.93. The molecular weight excluding hydrogens is 334 g/mol. The topological polar surface area (TPSA) is 93.2 Å². The molecule has 0 unspecified atom stereocenters. The van der Waals surface area contributed by atoms with Gasteiger partial charge in [0.25, 0.3) is 5.91 Å². The minimum Gasteiger partial charge on any atom is -0.336 e. The molecule has 2 aromatic rings. The average Bonchev–Trinajstić information content (AvgIpc) is 3.38. The summed E-state index contributed by atoms with van der Waals surface area (Å²) in [5.41, 5.74) is 0.835. The van der Waals surface area contributed by atoms with E-state index in [1.807, 2.05) is 11.9 Å². The van der Waals surface area contributed by atoms with Crippen molar-refractivity contribution in [2.45, 2.75) is 45.1 Å². The Labute approximate surface area is 152 Å². The van der Waals surface area contributed by atoms with Gasteiger partial charge in [-0.25, -0.2) is 4.63 Å². The fourth-order valence-electron chi connectivity index (χ4n) is 3.96. The fourth-order valence-corrected chi connectivity index (χ4v) is 3.96. The molecule has 0 N–H and O–H groups in total. The van der Waals surface area contributed by atoms with Gasteiger partial charge < -0.3 is 9.47 Å². The van der Waals surface area contributed by atoms with Crippen molar-refractivity contribution in [1.82, 2.24) is 34.9 Å². The van der Waals surface area contributed by atoms with Crippen LogP contribution >= 0.6 is 0 Å². The van der Waals surface area contributed by atoms with Crippen LogP contribution in [0.3, 0.4) is 0 Å². The van der Waals surface area contributed by atoms with Crippen LogP contribution in [0.15, 0.2) is 4.63 Å². The molecule has 0 aliphatic carbocycles. The Hall–Kier alpha value is -2.29. The predicted molar refractivity (Wildman–Crippen MR) is 92.4 cm³/mol. The van der Waals surface area contributed by atoms with Crippen molar-refractivity contribution in [3.63, 3.8) is 0 Å². The van der Waals surface area contributed by atoms with Crippen molar-refractivity contribution >= 4 is 5.91 Å². The molecule has 2 saturated heterocycles. The van der Waals surface area contributed by atoms with Gasteiger partial charge in [0, 0.05) is 26.1 Å². The standard InChI is InChI=1S/C17H25N7O2/c1-12-15(21-26-20-12)17(25)24-9-5-6-13(10-24)16-19-18-14(22(16)2)11-23-7-3-4-8-23/h13H,3-11H2,1-2H3/t13-/m1/s1. The number of hydrogen-bond acceptors (Lipinski definition) is 7. The van der Waals surface area contributed by atoms with Gasteiger partial charge in [-0.05, 0) is 50.9 Å². The van der Waals surface area contributed by atoms with E-state index in [0.717, 1.165) is 50.7 Å². The van der Waals surface area contributed by atoms with Crippen LogP contribution in [0.25, 0.3) is 0 Å². The summed E-state index contributed by atoms with van der Waals surface area (Å²) in [6, 6.07) is 0. The zero-order valence-electron chi connectivity index (χ0n) is 15.4. The number of hydrogen-bond donors (Lipinski definition) is 0. The van der Waals surface area contributed by atoms with Gasteiger partial charge in [-0.15, -0.1) is 10.2 Å².